The number of carbonyl (C=O) groups is 1. The molecule has 0 radical (unpaired) electrons. The number of aromatic carboxylic acids is 1. The van der Waals surface area contributed by atoms with Crippen molar-refractivity contribution in [1.82, 2.24) is 4.98 Å². The van der Waals surface area contributed by atoms with Crippen LogP contribution < -0.4 is 5.32 Å². The SMILES string of the molecule is CC#CCNc1cc(C(=O)O)c(Cl)cn1. The number of nitrogens with one attached hydrogen (secondary N) is 1. The van der Waals surface area contributed by atoms with Gasteiger partial charge in [0.1, 0.15) is 5.82 Å². The quantitative estimate of drug-likeness (QED) is 0.770. The first kappa shape index (κ1) is 11.3. The fraction of sp³-hybridized carbons (Fsp3) is 0.200. The predicted octanol–water partition coefficient (Wildman–Crippen LogP) is 1.87. The van der Waals surface area contributed by atoms with Crippen molar-refractivity contribution in [3.8, 4) is 11.8 Å². The van der Waals surface area contributed by atoms with Gasteiger partial charge >= 0.3 is 5.97 Å². The number of rotatable bonds is 3. The topological polar surface area (TPSA) is 62.2 Å². The number of hydrogen-bond acceptors (Lipinski definition) is 3. The number of nitrogens with zero attached hydrogens (tertiary/aromatic N) is 1. The first-order valence-electron chi connectivity index (χ1n) is 4.17. The molecule has 0 fully saturated rings. The Balaban J connectivity index is 2.86. The van der Waals surface area contributed by atoms with Crippen molar-refractivity contribution in [1.29, 1.82) is 0 Å². The Hall–Kier alpha value is -1.73. The fourth-order valence-electron chi connectivity index (χ4n) is 0.922. The number of hydrogen-bond donors (Lipinski definition) is 2. The van der Waals surface area contributed by atoms with Gasteiger partial charge in [0.2, 0.25) is 0 Å². The van der Waals surface area contributed by atoms with Gasteiger partial charge in [0.15, 0.2) is 0 Å². The smallest absolute Gasteiger partial charge is 0.337 e. The van der Waals surface area contributed by atoms with Crippen LogP contribution in [0.25, 0.3) is 0 Å². The zero-order valence-corrected chi connectivity index (χ0v) is 8.80. The van der Waals surface area contributed by atoms with Crippen LogP contribution in [0.5, 0.6) is 0 Å². The molecule has 0 bridgehead atoms. The number of halogens is 1. The van der Waals surface area contributed by atoms with Crippen LogP contribution in [-0.2, 0) is 0 Å². The number of pyridine rings is 1. The van der Waals surface area contributed by atoms with Gasteiger partial charge in [-0.3, -0.25) is 0 Å². The molecule has 0 aliphatic rings. The maximum atomic E-state index is 10.7. The highest BCUT2D eigenvalue weighted by atomic mass is 35.5. The zero-order chi connectivity index (χ0) is 11.3. The third-order valence-corrected chi connectivity index (χ3v) is 1.92. The van der Waals surface area contributed by atoms with Gasteiger partial charge in [0.25, 0.3) is 0 Å². The Morgan fingerprint density at radius 2 is 2.47 bits per heavy atom. The lowest BCUT2D eigenvalue weighted by Crippen LogP contribution is -2.04. The summed E-state index contributed by atoms with van der Waals surface area (Å²) < 4.78 is 0. The molecule has 0 unspecified atom stereocenters. The second kappa shape index (κ2) is 5.23. The Labute approximate surface area is 92.3 Å². The van der Waals surface area contributed by atoms with E-state index >= 15 is 0 Å². The maximum absolute atomic E-state index is 10.7. The number of aromatic nitrogens is 1. The van der Waals surface area contributed by atoms with Crippen molar-refractivity contribution in [3.63, 3.8) is 0 Å². The molecule has 4 nitrogen and oxygen atoms in total. The molecule has 5 heteroatoms. The highest BCUT2D eigenvalue weighted by Gasteiger charge is 2.09. The largest absolute Gasteiger partial charge is 0.478 e. The van der Waals surface area contributed by atoms with E-state index in [0.29, 0.717) is 12.4 Å². The average molecular weight is 225 g/mol. The summed E-state index contributed by atoms with van der Waals surface area (Å²) in [7, 11) is 0. The van der Waals surface area contributed by atoms with Crippen LogP contribution in [0.1, 0.15) is 17.3 Å². The summed E-state index contributed by atoms with van der Waals surface area (Å²) in [5, 5.41) is 11.8. The van der Waals surface area contributed by atoms with E-state index < -0.39 is 5.97 Å². The first-order valence-corrected chi connectivity index (χ1v) is 4.55. The molecule has 0 aromatic carbocycles. The molecular formula is C10H9ClN2O2. The molecule has 0 saturated carbocycles. The Morgan fingerprint density at radius 3 is 3.07 bits per heavy atom. The van der Waals surface area contributed by atoms with Gasteiger partial charge in [0.05, 0.1) is 17.1 Å². The molecule has 1 aromatic rings. The summed E-state index contributed by atoms with van der Waals surface area (Å²) in [6, 6.07) is 1.38. The van der Waals surface area contributed by atoms with E-state index in [-0.39, 0.29) is 10.6 Å². The van der Waals surface area contributed by atoms with E-state index in [9.17, 15) is 4.79 Å². The van der Waals surface area contributed by atoms with Crippen molar-refractivity contribution in [3.05, 3.63) is 22.8 Å². The molecule has 78 valence electrons. The van der Waals surface area contributed by atoms with Gasteiger partial charge in [-0.15, -0.1) is 5.92 Å². The van der Waals surface area contributed by atoms with E-state index in [0.717, 1.165) is 0 Å². The molecule has 1 heterocycles. The minimum absolute atomic E-state index is 0.0265. The summed E-state index contributed by atoms with van der Waals surface area (Å²) in [5.41, 5.74) is 0.0265. The summed E-state index contributed by atoms with van der Waals surface area (Å²) in [6.45, 7) is 2.14. The zero-order valence-electron chi connectivity index (χ0n) is 8.04. The Kier molecular flexibility index (Phi) is 3.95. The van der Waals surface area contributed by atoms with E-state index in [2.05, 4.69) is 22.1 Å². The van der Waals surface area contributed by atoms with Crippen molar-refractivity contribution >= 4 is 23.4 Å². The van der Waals surface area contributed by atoms with Gasteiger partial charge in [-0.05, 0) is 13.0 Å². The molecule has 0 spiro atoms. The van der Waals surface area contributed by atoms with Crippen LogP contribution in [0.2, 0.25) is 5.02 Å². The summed E-state index contributed by atoms with van der Waals surface area (Å²) in [4.78, 5) is 14.7. The van der Waals surface area contributed by atoms with Crippen LogP contribution in [0.3, 0.4) is 0 Å². The van der Waals surface area contributed by atoms with Crippen molar-refractivity contribution in [2.45, 2.75) is 6.92 Å². The second-order valence-corrected chi connectivity index (χ2v) is 3.04. The number of anilines is 1. The third-order valence-electron chi connectivity index (χ3n) is 1.62. The van der Waals surface area contributed by atoms with Crippen molar-refractivity contribution in [2.24, 2.45) is 0 Å². The number of carboxylic acid groups (broad SMARTS) is 1. The normalized spacial score (nSPS) is 8.93. The number of carboxylic acids is 1. The molecule has 0 amide bonds. The average Bonchev–Trinajstić information content (AvgIpc) is 2.20. The van der Waals surface area contributed by atoms with E-state index in [1.54, 1.807) is 6.92 Å². The van der Waals surface area contributed by atoms with E-state index in [4.69, 9.17) is 16.7 Å². The molecule has 0 saturated heterocycles. The lowest BCUT2D eigenvalue weighted by molar-refractivity contribution is 0.0697. The van der Waals surface area contributed by atoms with Gasteiger partial charge in [-0.2, -0.15) is 0 Å². The first-order chi connectivity index (χ1) is 7.15. The molecule has 15 heavy (non-hydrogen) atoms. The summed E-state index contributed by atoms with van der Waals surface area (Å²) in [6.07, 6.45) is 1.30. The van der Waals surface area contributed by atoms with Crippen LogP contribution in [-0.4, -0.2) is 22.6 Å². The molecule has 2 N–H and O–H groups in total. The summed E-state index contributed by atoms with van der Waals surface area (Å²) in [5.74, 6) is 4.85. The van der Waals surface area contributed by atoms with Gasteiger partial charge in [0, 0.05) is 6.20 Å². The highest BCUT2D eigenvalue weighted by molar-refractivity contribution is 6.33. The fourth-order valence-corrected chi connectivity index (χ4v) is 1.11. The Morgan fingerprint density at radius 1 is 1.73 bits per heavy atom. The molecule has 1 aromatic heterocycles. The third kappa shape index (κ3) is 3.15. The molecule has 1 rings (SSSR count). The van der Waals surface area contributed by atoms with Gasteiger partial charge in [-0.1, -0.05) is 17.5 Å². The highest BCUT2D eigenvalue weighted by Crippen LogP contribution is 2.17. The minimum atomic E-state index is -1.08. The predicted molar refractivity (Wildman–Crippen MR) is 58.1 cm³/mol. The van der Waals surface area contributed by atoms with Crippen molar-refractivity contribution < 1.29 is 9.90 Å². The van der Waals surface area contributed by atoms with Crippen LogP contribution in [0.15, 0.2) is 12.3 Å². The van der Waals surface area contributed by atoms with Gasteiger partial charge < -0.3 is 10.4 Å². The lowest BCUT2D eigenvalue weighted by Gasteiger charge is -2.03. The van der Waals surface area contributed by atoms with E-state index in [1.807, 2.05) is 0 Å². The maximum Gasteiger partial charge on any atom is 0.337 e. The lowest BCUT2D eigenvalue weighted by atomic mass is 10.2. The second-order valence-electron chi connectivity index (χ2n) is 2.63. The molecule has 0 atom stereocenters. The minimum Gasteiger partial charge on any atom is -0.478 e. The molecule has 0 aliphatic carbocycles. The van der Waals surface area contributed by atoms with Crippen molar-refractivity contribution in [2.75, 3.05) is 11.9 Å². The van der Waals surface area contributed by atoms with Crippen LogP contribution in [0.4, 0.5) is 5.82 Å². The standard InChI is InChI=1S/C10H9ClN2O2/c1-2-3-4-12-9-5-7(10(14)15)8(11)6-13-9/h5-6H,4H2,1H3,(H,12,13)(H,14,15). The summed E-state index contributed by atoms with van der Waals surface area (Å²) >= 11 is 5.65. The Bertz CT molecular complexity index is 435. The van der Waals surface area contributed by atoms with E-state index in [1.165, 1.54) is 12.3 Å². The monoisotopic (exact) mass is 224 g/mol. The molecular weight excluding hydrogens is 216 g/mol. The van der Waals surface area contributed by atoms with Crippen LogP contribution in [0, 0.1) is 11.8 Å². The van der Waals surface area contributed by atoms with Gasteiger partial charge in [-0.25, -0.2) is 9.78 Å². The molecule has 0 aliphatic heterocycles. The van der Waals surface area contributed by atoms with Crippen LogP contribution >= 0.6 is 11.6 Å².